The molecule has 1 fully saturated rings. The minimum atomic E-state index is -4.99. The highest BCUT2D eigenvalue weighted by Gasteiger charge is 2.47. The zero-order valence-corrected chi connectivity index (χ0v) is 15.3. The average molecular weight is 406 g/mol. The summed E-state index contributed by atoms with van der Waals surface area (Å²) in [7, 11) is 0. The first kappa shape index (κ1) is 20.0. The van der Waals surface area contributed by atoms with Gasteiger partial charge in [0.05, 0.1) is 6.57 Å². The Bertz CT molecular complexity index is 1060. The third-order valence-corrected chi connectivity index (χ3v) is 3.93. The first-order valence-electron chi connectivity index (χ1n) is 8.08. The molecular weight excluding hydrogens is 393 g/mol. The summed E-state index contributed by atoms with van der Waals surface area (Å²) < 4.78 is 45.0. The van der Waals surface area contributed by atoms with E-state index in [1.807, 2.05) is 0 Å². The number of anilines is 1. The SMILES string of the molecule is [C-]#[N+]c1cc(Oc2nc(N3C(=O)NC(C)(C)C3=O)nc(C(F)(F)F)n2)ccc1C. The summed E-state index contributed by atoms with van der Waals surface area (Å²) in [5.74, 6) is -3.30. The number of nitrogens with zero attached hydrogens (tertiary/aromatic N) is 5. The molecule has 1 aromatic carbocycles. The smallest absolute Gasteiger partial charge is 0.426 e. The highest BCUT2D eigenvalue weighted by molar-refractivity contribution is 6.22. The van der Waals surface area contributed by atoms with Gasteiger partial charge in [0, 0.05) is 0 Å². The number of hydrogen-bond donors (Lipinski definition) is 1. The van der Waals surface area contributed by atoms with Crippen LogP contribution in [0.15, 0.2) is 18.2 Å². The lowest BCUT2D eigenvalue weighted by Crippen LogP contribution is -2.40. The van der Waals surface area contributed by atoms with Crippen molar-refractivity contribution in [3.05, 3.63) is 41.0 Å². The molecule has 150 valence electrons. The van der Waals surface area contributed by atoms with Gasteiger partial charge < -0.3 is 10.1 Å². The summed E-state index contributed by atoms with van der Waals surface area (Å²) in [5.41, 5.74) is -0.477. The number of alkyl halides is 3. The van der Waals surface area contributed by atoms with Crippen LogP contribution >= 0.6 is 0 Å². The molecule has 0 radical (unpaired) electrons. The van der Waals surface area contributed by atoms with Crippen LogP contribution in [0.25, 0.3) is 4.85 Å². The summed E-state index contributed by atoms with van der Waals surface area (Å²) in [4.78, 5) is 38.3. The van der Waals surface area contributed by atoms with E-state index in [9.17, 15) is 22.8 Å². The van der Waals surface area contributed by atoms with Gasteiger partial charge in [0.15, 0.2) is 5.69 Å². The van der Waals surface area contributed by atoms with Crippen molar-refractivity contribution in [3.8, 4) is 11.8 Å². The maximum absolute atomic E-state index is 13.2. The van der Waals surface area contributed by atoms with Gasteiger partial charge in [-0.15, -0.1) is 0 Å². The normalized spacial score (nSPS) is 15.8. The Labute approximate surface area is 162 Å². The molecule has 3 rings (SSSR count). The minimum Gasteiger partial charge on any atom is -0.426 e. The highest BCUT2D eigenvalue weighted by Crippen LogP contribution is 2.32. The molecule has 2 aromatic rings. The Hall–Kier alpha value is -3.75. The summed E-state index contributed by atoms with van der Waals surface area (Å²) in [5, 5.41) is 2.32. The third-order valence-electron chi connectivity index (χ3n) is 3.93. The van der Waals surface area contributed by atoms with Gasteiger partial charge in [0.2, 0.25) is 11.8 Å². The van der Waals surface area contributed by atoms with Crippen LogP contribution in [0.1, 0.15) is 25.2 Å². The van der Waals surface area contributed by atoms with E-state index in [2.05, 4.69) is 25.1 Å². The van der Waals surface area contributed by atoms with Gasteiger partial charge in [-0.05, 0) is 38.5 Å². The molecule has 0 bridgehead atoms. The number of nitrogens with one attached hydrogen (secondary N) is 1. The van der Waals surface area contributed by atoms with Gasteiger partial charge in [-0.2, -0.15) is 33.0 Å². The number of ether oxygens (including phenoxy) is 1. The van der Waals surface area contributed by atoms with Crippen LogP contribution in [0, 0.1) is 13.5 Å². The third kappa shape index (κ3) is 3.79. The first-order valence-corrected chi connectivity index (χ1v) is 8.08. The quantitative estimate of drug-likeness (QED) is 0.619. The maximum atomic E-state index is 13.2. The molecule has 0 spiro atoms. The van der Waals surface area contributed by atoms with E-state index in [1.165, 1.54) is 32.0 Å². The second kappa shape index (κ2) is 6.69. The number of benzene rings is 1. The van der Waals surface area contributed by atoms with Gasteiger partial charge in [-0.3, -0.25) is 4.79 Å². The molecule has 1 N–H and O–H groups in total. The lowest BCUT2D eigenvalue weighted by atomic mass is 10.1. The van der Waals surface area contributed by atoms with Crippen molar-refractivity contribution in [2.75, 3.05) is 4.90 Å². The minimum absolute atomic E-state index is 0.00408. The van der Waals surface area contributed by atoms with Crippen LogP contribution in [-0.4, -0.2) is 32.4 Å². The van der Waals surface area contributed by atoms with Crippen molar-refractivity contribution < 1.29 is 27.5 Å². The summed E-state index contributed by atoms with van der Waals surface area (Å²) in [6.45, 7) is 11.5. The fourth-order valence-electron chi connectivity index (χ4n) is 2.43. The second-order valence-electron chi connectivity index (χ2n) is 6.60. The number of hydrogen-bond acceptors (Lipinski definition) is 6. The van der Waals surface area contributed by atoms with Gasteiger partial charge in [0.1, 0.15) is 11.3 Å². The number of rotatable bonds is 3. The van der Waals surface area contributed by atoms with E-state index in [1.54, 1.807) is 6.92 Å². The van der Waals surface area contributed by atoms with Gasteiger partial charge in [-0.1, -0.05) is 6.07 Å². The molecule has 1 saturated heterocycles. The molecule has 29 heavy (non-hydrogen) atoms. The van der Waals surface area contributed by atoms with Crippen molar-refractivity contribution in [3.63, 3.8) is 0 Å². The van der Waals surface area contributed by atoms with Crippen LogP contribution in [0.3, 0.4) is 0 Å². The van der Waals surface area contributed by atoms with Crippen molar-refractivity contribution in [2.45, 2.75) is 32.5 Å². The van der Waals surface area contributed by atoms with Gasteiger partial charge in [-0.25, -0.2) is 9.64 Å². The zero-order valence-electron chi connectivity index (χ0n) is 15.3. The van der Waals surface area contributed by atoms with E-state index in [-0.39, 0.29) is 11.4 Å². The van der Waals surface area contributed by atoms with E-state index in [0.29, 0.717) is 10.5 Å². The maximum Gasteiger partial charge on any atom is 0.451 e. The fourth-order valence-corrected chi connectivity index (χ4v) is 2.43. The number of carbonyl (C=O) groups is 2. The van der Waals surface area contributed by atoms with Crippen LogP contribution < -0.4 is 15.0 Å². The molecule has 9 nitrogen and oxygen atoms in total. The molecule has 0 unspecified atom stereocenters. The Morgan fingerprint density at radius 3 is 2.45 bits per heavy atom. The standard InChI is InChI=1S/C17H13F3N6O3/c1-8-5-6-9(7-10(8)21-4)29-14-23-11(17(18,19)20)22-13(24-14)26-12(27)16(2,3)25-15(26)28/h5-7H,1-3H3,(H,25,28). The predicted octanol–water partition coefficient (Wildman–Crippen LogP) is 3.38. The van der Waals surface area contributed by atoms with E-state index < -0.39 is 41.4 Å². The molecule has 3 amide bonds. The van der Waals surface area contributed by atoms with Crippen molar-refractivity contribution in [1.29, 1.82) is 0 Å². The molecule has 0 aliphatic carbocycles. The molecule has 12 heteroatoms. The number of urea groups is 1. The zero-order chi connectivity index (χ0) is 21.6. The van der Waals surface area contributed by atoms with Crippen molar-refractivity contribution in [2.24, 2.45) is 0 Å². The number of aromatic nitrogens is 3. The first-order chi connectivity index (χ1) is 13.4. The van der Waals surface area contributed by atoms with Crippen LogP contribution in [0.5, 0.6) is 11.8 Å². The van der Waals surface area contributed by atoms with E-state index in [4.69, 9.17) is 11.3 Å². The predicted molar refractivity (Wildman–Crippen MR) is 92.4 cm³/mol. The van der Waals surface area contributed by atoms with E-state index in [0.717, 1.165) is 0 Å². The van der Waals surface area contributed by atoms with Crippen LogP contribution in [-0.2, 0) is 11.0 Å². The number of imide groups is 1. The van der Waals surface area contributed by atoms with Gasteiger partial charge >= 0.3 is 18.2 Å². The summed E-state index contributed by atoms with van der Waals surface area (Å²) in [6, 6.07) is 2.49. The number of halogens is 3. The monoisotopic (exact) mass is 406 g/mol. The molecule has 0 atom stereocenters. The Morgan fingerprint density at radius 1 is 1.21 bits per heavy atom. The Kier molecular flexibility index (Phi) is 4.62. The lowest BCUT2D eigenvalue weighted by Gasteiger charge is -2.16. The lowest BCUT2D eigenvalue weighted by molar-refractivity contribution is -0.145. The molecule has 1 aromatic heterocycles. The van der Waals surface area contributed by atoms with E-state index >= 15 is 0 Å². The summed E-state index contributed by atoms with van der Waals surface area (Å²) in [6.07, 6.45) is -4.99. The fraction of sp³-hybridized carbons (Fsp3) is 0.294. The molecule has 1 aliphatic rings. The van der Waals surface area contributed by atoms with Crippen LogP contribution in [0.2, 0.25) is 0 Å². The average Bonchev–Trinajstić information content (AvgIpc) is 2.82. The summed E-state index contributed by atoms with van der Waals surface area (Å²) >= 11 is 0. The Morgan fingerprint density at radius 2 is 1.90 bits per heavy atom. The highest BCUT2D eigenvalue weighted by atomic mass is 19.4. The Balaban J connectivity index is 2.07. The second-order valence-corrected chi connectivity index (χ2v) is 6.60. The largest absolute Gasteiger partial charge is 0.451 e. The molecule has 2 heterocycles. The topological polar surface area (TPSA) is 102 Å². The van der Waals surface area contributed by atoms with Crippen molar-refractivity contribution >= 4 is 23.6 Å². The number of amides is 3. The number of carbonyl (C=O) groups excluding carboxylic acids is 2. The molecular formula is C17H13F3N6O3. The van der Waals surface area contributed by atoms with Gasteiger partial charge in [0.25, 0.3) is 5.91 Å². The molecule has 1 aliphatic heterocycles. The number of aryl methyl sites for hydroxylation is 1. The molecule has 0 saturated carbocycles. The van der Waals surface area contributed by atoms with Crippen molar-refractivity contribution in [1.82, 2.24) is 20.3 Å². The van der Waals surface area contributed by atoms with Crippen LogP contribution in [0.4, 0.5) is 29.6 Å².